The number of hydrogen-bond donors (Lipinski definition) is 3. The lowest BCUT2D eigenvalue weighted by Crippen LogP contribution is -2.37. The van der Waals surface area contributed by atoms with Gasteiger partial charge < -0.3 is 10.0 Å². The average Bonchev–Trinajstić information content (AvgIpc) is 2.69. The number of hydrogen-bond acceptors (Lipinski definition) is 6. The number of nitrogens with zero attached hydrogens (tertiary/aromatic N) is 1. The molecule has 1 heterocycles. The van der Waals surface area contributed by atoms with Gasteiger partial charge in [-0.05, 0) is 55.7 Å². The number of anilines is 1. The Morgan fingerprint density at radius 3 is 2.66 bits per heavy atom. The monoisotopic (exact) mass is 447 g/mol. The first kappa shape index (κ1) is 24.1. The van der Waals surface area contributed by atoms with Gasteiger partial charge in [0.2, 0.25) is 20.0 Å². The Hall–Kier alpha value is -1.20. The Kier molecular flexibility index (Phi) is 8.48. The van der Waals surface area contributed by atoms with Gasteiger partial charge in [-0.3, -0.25) is 0 Å². The Bertz CT molecular complexity index is 887. The number of nitrogens with two attached hydrogens (primary N) is 1. The van der Waals surface area contributed by atoms with Gasteiger partial charge in [-0.25, -0.2) is 26.7 Å². The lowest BCUT2D eigenvalue weighted by molar-refractivity contribution is 0.274. The lowest BCUT2D eigenvalue weighted by atomic mass is 9.95. The number of aliphatic hydroxyl groups excluding tert-OH is 1. The number of primary sulfonamides is 1. The summed E-state index contributed by atoms with van der Waals surface area (Å²) in [6, 6.07) is 4.06. The van der Waals surface area contributed by atoms with Crippen molar-refractivity contribution in [2.75, 3.05) is 31.1 Å². The normalized spacial score (nSPS) is 19.3. The third-order valence-corrected chi connectivity index (χ3v) is 7.83. The van der Waals surface area contributed by atoms with E-state index < -0.39 is 20.0 Å². The number of aliphatic hydroxyl groups is 1. The molecule has 0 bridgehead atoms. The van der Waals surface area contributed by atoms with E-state index in [4.69, 9.17) is 10.2 Å². The van der Waals surface area contributed by atoms with Gasteiger partial charge in [0.1, 0.15) is 4.90 Å². The van der Waals surface area contributed by atoms with E-state index >= 15 is 0 Å². The minimum absolute atomic E-state index is 0.0428. The number of benzene rings is 1. The summed E-state index contributed by atoms with van der Waals surface area (Å²) >= 11 is 0. The number of nitrogens with one attached hydrogen (secondary N) is 1. The number of rotatable bonds is 10. The van der Waals surface area contributed by atoms with Crippen molar-refractivity contribution < 1.29 is 21.9 Å². The average molecular weight is 448 g/mol. The number of sulfonamides is 2. The van der Waals surface area contributed by atoms with Gasteiger partial charge in [0.05, 0.1) is 10.6 Å². The van der Waals surface area contributed by atoms with Gasteiger partial charge in [-0.15, -0.1) is 0 Å². The summed E-state index contributed by atoms with van der Waals surface area (Å²) in [6.45, 7) is 5.74. The van der Waals surface area contributed by atoms with Gasteiger partial charge in [0.15, 0.2) is 0 Å². The molecule has 0 aromatic heterocycles. The van der Waals surface area contributed by atoms with Crippen LogP contribution in [0, 0.1) is 11.8 Å². The third kappa shape index (κ3) is 6.65. The van der Waals surface area contributed by atoms with Crippen LogP contribution in [0.25, 0.3) is 0 Å². The fourth-order valence-corrected chi connectivity index (χ4v) is 5.67. The summed E-state index contributed by atoms with van der Waals surface area (Å²) in [5, 5.41) is 14.2. The molecule has 1 aromatic rings. The first-order chi connectivity index (χ1) is 13.6. The van der Waals surface area contributed by atoms with Gasteiger partial charge >= 0.3 is 0 Å². The van der Waals surface area contributed by atoms with Crippen molar-refractivity contribution in [2.24, 2.45) is 17.0 Å². The first-order valence-electron chi connectivity index (χ1n) is 10.1. The zero-order valence-corrected chi connectivity index (χ0v) is 18.8. The highest BCUT2D eigenvalue weighted by molar-refractivity contribution is 7.90. The Morgan fingerprint density at radius 2 is 2.03 bits per heavy atom. The summed E-state index contributed by atoms with van der Waals surface area (Å²) < 4.78 is 52.4. The second kappa shape index (κ2) is 10.2. The Balaban J connectivity index is 2.37. The predicted octanol–water partition coefficient (Wildman–Crippen LogP) is 1.65. The van der Waals surface area contributed by atoms with Crippen LogP contribution >= 0.6 is 0 Å². The third-order valence-electron chi connectivity index (χ3n) is 5.46. The van der Waals surface area contributed by atoms with Crippen LogP contribution in [-0.2, 0) is 20.0 Å². The summed E-state index contributed by atoms with van der Waals surface area (Å²) in [5.41, 5.74) is 0.506. The molecule has 1 aliphatic heterocycles. The predicted molar refractivity (Wildman–Crippen MR) is 114 cm³/mol. The van der Waals surface area contributed by atoms with E-state index in [0.717, 1.165) is 38.4 Å². The van der Waals surface area contributed by atoms with Gasteiger partial charge in [0.25, 0.3) is 0 Å². The molecule has 10 heteroatoms. The summed E-state index contributed by atoms with van der Waals surface area (Å²) in [4.78, 5) is 1.74. The van der Waals surface area contributed by atoms with E-state index in [1.807, 2.05) is 11.8 Å². The van der Waals surface area contributed by atoms with Crippen LogP contribution in [0.3, 0.4) is 0 Å². The highest BCUT2D eigenvalue weighted by Crippen LogP contribution is 2.32. The molecular formula is C19H33N3O5S2. The van der Waals surface area contributed by atoms with E-state index in [0.29, 0.717) is 24.4 Å². The summed E-state index contributed by atoms with van der Waals surface area (Å²) in [7, 11) is -7.97. The smallest absolute Gasteiger partial charge is 0.242 e. The molecule has 0 radical (unpaired) electrons. The van der Waals surface area contributed by atoms with E-state index in [2.05, 4.69) is 11.6 Å². The van der Waals surface area contributed by atoms with Gasteiger partial charge in [-0.1, -0.05) is 20.3 Å². The SMILES string of the molecule is CCC1CCCN(c2ccc(S(N)(=O)=O)cc2S(=O)(=O)NCC(C)CCCO)C1. The Labute approximate surface area is 174 Å². The van der Waals surface area contributed by atoms with Crippen molar-refractivity contribution >= 4 is 25.7 Å². The molecule has 0 aliphatic carbocycles. The molecule has 2 atom stereocenters. The molecule has 1 aromatic carbocycles. The zero-order chi connectivity index (χ0) is 21.7. The fourth-order valence-electron chi connectivity index (χ4n) is 3.64. The van der Waals surface area contributed by atoms with Crippen molar-refractivity contribution in [3.05, 3.63) is 18.2 Å². The quantitative estimate of drug-likeness (QED) is 0.500. The van der Waals surface area contributed by atoms with Crippen LogP contribution in [0.15, 0.2) is 28.0 Å². The maximum atomic E-state index is 13.1. The molecule has 1 saturated heterocycles. The van der Waals surface area contributed by atoms with Crippen LogP contribution < -0.4 is 14.8 Å². The zero-order valence-electron chi connectivity index (χ0n) is 17.2. The molecule has 2 rings (SSSR count). The topological polar surface area (TPSA) is 130 Å². The van der Waals surface area contributed by atoms with Crippen molar-refractivity contribution in [1.29, 1.82) is 0 Å². The van der Waals surface area contributed by atoms with Crippen molar-refractivity contribution in [3.8, 4) is 0 Å². The van der Waals surface area contributed by atoms with E-state index in [-0.39, 0.29) is 28.9 Å². The molecule has 4 N–H and O–H groups in total. The number of piperidine rings is 1. The summed E-state index contributed by atoms with van der Waals surface area (Å²) in [5.74, 6) is 0.518. The van der Waals surface area contributed by atoms with Crippen LogP contribution in [0.1, 0.15) is 46.0 Å². The van der Waals surface area contributed by atoms with Crippen LogP contribution in [-0.4, -0.2) is 48.2 Å². The lowest BCUT2D eigenvalue weighted by Gasteiger charge is -2.35. The highest BCUT2D eigenvalue weighted by Gasteiger charge is 2.27. The second-order valence-electron chi connectivity index (χ2n) is 7.86. The largest absolute Gasteiger partial charge is 0.396 e. The van der Waals surface area contributed by atoms with Crippen molar-refractivity contribution in [2.45, 2.75) is 55.7 Å². The minimum atomic E-state index is -4.03. The van der Waals surface area contributed by atoms with Crippen LogP contribution in [0.2, 0.25) is 0 Å². The maximum Gasteiger partial charge on any atom is 0.242 e. The highest BCUT2D eigenvalue weighted by atomic mass is 32.2. The van der Waals surface area contributed by atoms with Crippen molar-refractivity contribution in [3.63, 3.8) is 0 Å². The van der Waals surface area contributed by atoms with E-state index in [1.54, 1.807) is 6.07 Å². The Morgan fingerprint density at radius 1 is 1.31 bits per heavy atom. The molecule has 8 nitrogen and oxygen atoms in total. The van der Waals surface area contributed by atoms with E-state index in [1.165, 1.54) is 6.07 Å². The molecule has 1 fully saturated rings. The second-order valence-corrected chi connectivity index (χ2v) is 11.2. The molecule has 166 valence electrons. The molecule has 0 spiro atoms. The van der Waals surface area contributed by atoms with Gasteiger partial charge in [-0.2, -0.15) is 0 Å². The molecule has 2 unspecified atom stereocenters. The molecule has 0 amide bonds. The van der Waals surface area contributed by atoms with Gasteiger partial charge in [0, 0.05) is 26.2 Å². The minimum Gasteiger partial charge on any atom is -0.396 e. The molecule has 1 aliphatic rings. The van der Waals surface area contributed by atoms with E-state index in [9.17, 15) is 16.8 Å². The summed E-state index contributed by atoms with van der Waals surface area (Å²) in [6.07, 6.45) is 4.36. The standard InChI is InChI=1S/C19H33N3O5S2/c1-3-16-7-4-10-22(14-16)18-9-8-17(28(20,24)25)12-19(18)29(26,27)21-13-15(2)6-5-11-23/h8-9,12,15-16,21,23H,3-7,10-11,13-14H2,1-2H3,(H2,20,24,25). The first-order valence-corrected chi connectivity index (χ1v) is 13.1. The molecular weight excluding hydrogens is 414 g/mol. The molecule has 29 heavy (non-hydrogen) atoms. The van der Waals surface area contributed by atoms with Crippen LogP contribution in [0.4, 0.5) is 5.69 Å². The fraction of sp³-hybridized carbons (Fsp3) is 0.684. The van der Waals surface area contributed by atoms with Crippen molar-refractivity contribution in [1.82, 2.24) is 4.72 Å². The molecule has 0 saturated carbocycles. The maximum absolute atomic E-state index is 13.1. The van der Waals surface area contributed by atoms with Crippen LogP contribution in [0.5, 0.6) is 0 Å².